The third-order valence-electron chi connectivity index (χ3n) is 22.0. The highest BCUT2D eigenvalue weighted by Gasteiger charge is 2.56. The van der Waals surface area contributed by atoms with Crippen LogP contribution in [0.3, 0.4) is 0 Å². The van der Waals surface area contributed by atoms with E-state index in [2.05, 4.69) is 330 Å². The van der Waals surface area contributed by atoms with Crippen LogP contribution in [0.15, 0.2) is 279 Å². The first-order chi connectivity index (χ1) is 45.2. The number of hydrogen-bond acceptors (Lipinski definition) is 2. The molecule has 14 aromatic rings. The van der Waals surface area contributed by atoms with Crippen LogP contribution in [0, 0.1) is 41.5 Å². The lowest BCUT2D eigenvalue weighted by atomic mass is 9.32. The van der Waals surface area contributed by atoms with Gasteiger partial charge in [0, 0.05) is 22.5 Å². The van der Waals surface area contributed by atoms with Gasteiger partial charge >= 0.3 is 0 Å². The molecule has 5 aliphatic rings. The quantitative estimate of drug-likeness (QED) is 0.153. The van der Waals surface area contributed by atoms with E-state index in [0.29, 0.717) is 0 Å². The molecule has 0 amide bonds. The zero-order valence-electron chi connectivity index (χ0n) is 52.6. The van der Waals surface area contributed by atoms with Crippen molar-refractivity contribution in [3.05, 3.63) is 357 Å². The van der Waals surface area contributed by atoms with Gasteiger partial charge in [0.25, 0.3) is 0 Å². The highest BCUT2D eigenvalue weighted by atomic mass is 15.3. The van der Waals surface area contributed by atoms with Crippen molar-refractivity contribution in [1.82, 2.24) is 0 Å². The van der Waals surface area contributed by atoms with Crippen molar-refractivity contribution in [2.24, 2.45) is 0 Å². The van der Waals surface area contributed by atoms with Crippen LogP contribution in [0.4, 0.5) is 34.1 Å². The Bertz CT molecular complexity index is 5030. The van der Waals surface area contributed by atoms with E-state index in [1.807, 2.05) is 0 Å². The predicted octanol–water partition coefficient (Wildman–Crippen LogP) is 17.5. The maximum absolute atomic E-state index is 2.83. The molecule has 92 heavy (non-hydrogen) atoms. The molecular weight excluding hydrogens is 1110 g/mol. The Morgan fingerprint density at radius 1 is 0.272 bits per heavy atom. The van der Waals surface area contributed by atoms with E-state index in [0.717, 1.165) is 0 Å². The van der Waals surface area contributed by atoms with Gasteiger partial charge in [-0.05, 0) is 153 Å². The number of aryl methyl sites for hydroxylation is 6. The zero-order chi connectivity index (χ0) is 61.5. The lowest BCUT2D eigenvalue weighted by Crippen LogP contribution is -2.62. The van der Waals surface area contributed by atoms with Crippen molar-refractivity contribution in [2.75, 3.05) is 9.80 Å². The monoisotopic (exact) mass is 1170 g/mol. The first-order valence-corrected chi connectivity index (χ1v) is 32.8. The molecule has 3 heterocycles. The minimum absolute atomic E-state index is 0.148. The second-order valence-electron chi connectivity index (χ2n) is 26.8. The molecule has 0 fully saturated rings. The normalized spacial score (nSPS) is 14.5. The zero-order valence-corrected chi connectivity index (χ0v) is 52.6. The second-order valence-corrected chi connectivity index (χ2v) is 26.8. The third-order valence-corrected chi connectivity index (χ3v) is 22.0. The minimum atomic E-state index is -0.631. The van der Waals surface area contributed by atoms with Crippen LogP contribution in [0.1, 0.15) is 77.9 Å². The predicted molar refractivity (Wildman–Crippen MR) is 390 cm³/mol. The molecule has 0 saturated carbocycles. The summed E-state index contributed by atoms with van der Waals surface area (Å²) in [5.74, 6) is 0. The van der Waals surface area contributed by atoms with Gasteiger partial charge in [0.05, 0.1) is 33.6 Å². The number of fused-ring (bicyclic) bond motifs is 18. The molecule has 0 radical (unpaired) electrons. The molecule has 19 rings (SSSR count). The van der Waals surface area contributed by atoms with Crippen molar-refractivity contribution in [1.29, 1.82) is 0 Å². The Kier molecular flexibility index (Phi) is 11.2. The maximum Gasteiger partial charge on any atom is 0.248 e. The summed E-state index contributed by atoms with van der Waals surface area (Å²) < 4.78 is 0. The van der Waals surface area contributed by atoms with Crippen LogP contribution >= 0.6 is 0 Å². The molecule has 0 bridgehead atoms. The van der Waals surface area contributed by atoms with Crippen LogP contribution in [0.25, 0.3) is 43.8 Å². The Hall–Kier alpha value is -10.7. The van der Waals surface area contributed by atoms with Gasteiger partial charge in [-0.15, -0.1) is 0 Å². The molecule has 4 heteroatoms. The van der Waals surface area contributed by atoms with Crippen molar-refractivity contribution in [2.45, 2.75) is 52.4 Å². The third kappa shape index (κ3) is 6.81. The number of hydrogen-bond donors (Lipinski definition) is 0. The molecule has 0 atom stereocenters. The highest BCUT2D eigenvalue weighted by molar-refractivity contribution is 7.01. The second kappa shape index (κ2) is 19.4. The van der Waals surface area contributed by atoms with Crippen molar-refractivity contribution < 1.29 is 0 Å². The minimum Gasteiger partial charge on any atom is -0.307 e. The topological polar surface area (TPSA) is 6.48 Å². The summed E-state index contributed by atoms with van der Waals surface area (Å²) in [6.45, 7) is 13.7. The molecule has 0 unspecified atom stereocenters. The molecule has 0 N–H and O–H groups in total. The lowest BCUT2D eigenvalue weighted by molar-refractivity contribution is 0.768. The van der Waals surface area contributed by atoms with E-state index in [4.69, 9.17) is 0 Å². The molecule has 3 aliphatic heterocycles. The Labute approximate surface area is 539 Å². The number of rotatable bonds is 6. The standard InChI is InChI=1S/C88H64B2N2/c1-53-47-55(3)79(56(4)48-53)89-73-45-43-71-77(67-39-23-25-41-69(67)87(71,61-29-11-7-12-30-61)62-31-13-8-14-32-62)83(73)91-76-52-60-28-20-22-38-66(60)82-86(76)92(75-51-59-27-19-21-37-65(59)81(89)85(75)91)84-74(90(82)80-57(5)49-54(2)50-58(80)6)46-44-72-78(84)68-40-24-26-42-70(68)88(72,63-33-15-9-16-34-63)64-35-17-10-18-36-64/h7-52H,1-6H3. The summed E-state index contributed by atoms with van der Waals surface area (Å²) >= 11 is 0. The molecular formula is C88H64B2N2. The SMILES string of the molecule is Cc1cc(C)c(B2c3ccc4c(c3N3c5cc6ccccc6c6c5N(c5cc7ccccc7c2c53)c2c(ccc3c2-c2ccccc2C3(c2ccccc2)c2ccccc2)B6c2c(C)cc(C)cc2C)-c2ccccc2C4(c2ccccc2)c2ccccc2)c(C)c1. The summed E-state index contributed by atoms with van der Waals surface area (Å²) in [4.78, 5) is 5.66. The van der Waals surface area contributed by atoms with Gasteiger partial charge in [-0.2, -0.15) is 0 Å². The smallest absolute Gasteiger partial charge is 0.248 e. The first kappa shape index (κ1) is 53.2. The van der Waals surface area contributed by atoms with Crippen molar-refractivity contribution in [3.63, 3.8) is 0 Å². The van der Waals surface area contributed by atoms with Crippen LogP contribution in [-0.4, -0.2) is 13.4 Å². The molecule has 14 aromatic carbocycles. The summed E-state index contributed by atoms with van der Waals surface area (Å²) in [6.07, 6.45) is 0. The molecule has 0 aromatic heterocycles. The van der Waals surface area contributed by atoms with Gasteiger partial charge in [-0.1, -0.05) is 311 Å². The van der Waals surface area contributed by atoms with E-state index < -0.39 is 10.8 Å². The van der Waals surface area contributed by atoms with Gasteiger partial charge in [0.2, 0.25) is 13.4 Å². The fraction of sp³-hybridized carbons (Fsp3) is 0.0909. The average molecular weight is 1170 g/mol. The van der Waals surface area contributed by atoms with Crippen LogP contribution < -0.4 is 42.6 Å². The average Bonchev–Trinajstić information content (AvgIpc) is 1.08. The molecule has 432 valence electrons. The van der Waals surface area contributed by atoms with Gasteiger partial charge in [0.15, 0.2) is 0 Å². The molecule has 0 spiro atoms. The number of benzene rings is 14. The van der Waals surface area contributed by atoms with E-state index in [1.165, 1.54) is 189 Å². The van der Waals surface area contributed by atoms with Crippen LogP contribution in [0.5, 0.6) is 0 Å². The van der Waals surface area contributed by atoms with Crippen molar-refractivity contribution >= 4 is 102 Å². The largest absolute Gasteiger partial charge is 0.307 e. The number of nitrogens with zero attached hydrogens (tertiary/aromatic N) is 2. The van der Waals surface area contributed by atoms with E-state index in [9.17, 15) is 0 Å². The number of anilines is 6. The summed E-state index contributed by atoms with van der Waals surface area (Å²) in [5.41, 5.74) is 37.4. The van der Waals surface area contributed by atoms with E-state index in [-0.39, 0.29) is 13.4 Å². The summed E-state index contributed by atoms with van der Waals surface area (Å²) in [6, 6.07) is 108. The molecule has 2 aliphatic carbocycles. The van der Waals surface area contributed by atoms with Gasteiger partial charge < -0.3 is 9.80 Å². The van der Waals surface area contributed by atoms with Crippen LogP contribution in [-0.2, 0) is 10.8 Å². The maximum atomic E-state index is 2.83. The molecule has 2 nitrogen and oxygen atoms in total. The van der Waals surface area contributed by atoms with Gasteiger partial charge in [-0.3, -0.25) is 0 Å². The van der Waals surface area contributed by atoms with Gasteiger partial charge in [-0.25, -0.2) is 0 Å². The Balaban J connectivity index is 1.04. The van der Waals surface area contributed by atoms with E-state index >= 15 is 0 Å². The Morgan fingerprint density at radius 2 is 0.587 bits per heavy atom. The Morgan fingerprint density at radius 3 is 0.946 bits per heavy atom. The van der Waals surface area contributed by atoms with Crippen LogP contribution in [0.2, 0.25) is 0 Å². The lowest BCUT2D eigenvalue weighted by Gasteiger charge is -2.51. The molecule has 0 saturated heterocycles. The summed E-state index contributed by atoms with van der Waals surface area (Å²) in [7, 11) is 0. The van der Waals surface area contributed by atoms with E-state index in [1.54, 1.807) is 0 Å². The fourth-order valence-electron chi connectivity index (χ4n) is 19.0. The summed E-state index contributed by atoms with van der Waals surface area (Å²) in [5, 5.41) is 5.01. The van der Waals surface area contributed by atoms with Crippen molar-refractivity contribution in [3.8, 4) is 22.3 Å². The first-order valence-electron chi connectivity index (χ1n) is 32.8. The highest BCUT2D eigenvalue weighted by Crippen LogP contribution is 2.66. The van der Waals surface area contributed by atoms with Gasteiger partial charge in [0.1, 0.15) is 0 Å². The fourth-order valence-corrected chi connectivity index (χ4v) is 19.0.